The molecule has 0 spiro atoms. The van der Waals surface area contributed by atoms with E-state index < -0.39 is 22.0 Å². The molecule has 1 aromatic rings. The van der Waals surface area contributed by atoms with Crippen molar-refractivity contribution < 1.29 is 27.8 Å². The van der Waals surface area contributed by atoms with Crippen molar-refractivity contribution in [1.82, 2.24) is 4.31 Å². The smallest absolute Gasteiger partial charge is 0.322 e. The number of benzene rings is 1. The molecule has 1 aromatic carbocycles. The second kappa shape index (κ2) is 4.64. The average molecular weight is 299 g/mol. The summed E-state index contributed by atoms with van der Waals surface area (Å²) in [7, 11) is -3.81. The molecule has 0 radical (unpaired) electrons. The third-order valence-electron chi connectivity index (χ3n) is 3.38. The van der Waals surface area contributed by atoms with Crippen LogP contribution < -0.4 is 9.47 Å². The third-order valence-corrected chi connectivity index (χ3v) is 5.28. The molecule has 2 aliphatic rings. The summed E-state index contributed by atoms with van der Waals surface area (Å²) in [5.41, 5.74) is 0. The topological polar surface area (TPSA) is 93.1 Å². The van der Waals surface area contributed by atoms with E-state index in [0.717, 1.165) is 4.31 Å². The molecule has 1 atom stereocenters. The fraction of sp³-hybridized carbons (Fsp3) is 0.417. The minimum atomic E-state index is -3.81. The van der Waals surface area contributed by atoms with Gasteiger partial charge in [0.25, 0.3) is 0 Å². The van der Waals surface area contributed by atoms with E-state index in [1.165, 1.54) is 18.2 Å². The van der Waals surface area contributed by atoms with Crippen LogP contribution in [0.3, 0.4) is 0 Å². The number of carboxylic acid groups (broad SMARTS) is 1. The molecule has 0 aliphatic carbocycles. The molecule has 2 heterocycles. The lowest BCUT2D eigenvalue weighted by Crippen LogP contribution is -2.54. The Balaban J connectivity index is 1.94. The molecule has 0 unspecified atom stereocenters. The number of nitrogens with zero attached hydrogens (tertiary/aromatic N) is 1. The van der Waals surface area contributed by atoms with Crippen LogP contribution in [0.25, 0.3) is 0 Å². The number of sulfonamides is 1. The second-order valence-electron chi connectivity index (χ2n) is 4.56. The normalized spacial score (nSPS) is 22.1. The van der Waals surface area contributed by atoms with Gasteiger partial charge < -0.3 is 14.6 Å². The first-order valence-corrected chi connectivity index (χ1v) is 7.58. The number of rotatable bonds is 3. The van der Waals surface area contributed by atoms with Crippen molar-refractivity contribution in [3.63, 3.8) is 0 Å². The first-order chi connectivity index (χ1) is 9.50. The zero-order valence-corrected chi connectivity index (χ0v) is 11.3. The van der Waals surface area contributed by atoms with Crippen molar-refractivity contribution in [2.75, 3.05) is 19.8 Å². The Morgan fingerprint density at radius 1 is 1.25 bits per heavy atom. The number of carboxylic acids is 1. The Bertz CT molecular complexity index is 656. The predicted octanol–water partition coefficient (Wildman–Crippen LogP) is 0.305. The van der Waals surface area contributed by atoms with Crippen molar-refractivity contribution in [3.8, 4) is 11.5 Å². The van der Waals surface area contributed by atoms with Crippen LogP contribution in [0.4, 0.5) is 0 Å². The molecule has 108 valence electrons. The van der Waals surface area contributed by atoms with Crippen LogP contribution in [-0.2, 0) is 14.8 Å². The van der Waals surface area contributed by atoms with E-state index in [1.807, 2.05) is 0 Å². The van der Waals surface area contributed by atoms with Gasteiger partial charge in [0, 0.05) is 12.6 Å². The molecule has 1 fully saturated rings. The zero-order valence-electron chi connectivity index (χ0n) is 10.5. The molecule has 2 aliphatic heterocycles. The van der Waals surface area contributed by atoms with Gasteiger partial charge in [0.1, 0.15) is 19.3 Å². The fourth-order valence-corrected chi connectivity index (χ4v) is 3.86. The molecule has 0 aromatic heterocycles. The number of hydrogen-bond donors (Lipinski definition) is 1. The molecule has 0 saturated carbocycles. The van der Waals surface area contributed by atoms with Gasteiger partial charge in [-0.15, -0.1) is 0 Å². The zero-order chi connectivity index (χ0) is 14.3. The first kappa shape index (κ1) is 13.2. The highest BCUT2D eigenvalue weighted by Gasteiger charge is 2.43. The summed E-state index contributed by atoms with van der Waals surface area (Å²) in [6.45, 7) is 0.998. The molecule has 3 rings (SSSR count). The summed E-state index contributed by atoms with van der Waals surface area (Å²) < 4.78 is 36.4. The van der Waals surface area contributed by atoms with Crippen LogP contribution in [0.15, 0.2) is 23.1 Å². The lowest BCUT2D eigenvalue weighted by atomic mass is 10.1. The van der Waals surface area contributed by atoms with Crippen LogP contribution in [0.2, 0.25) is 0 Å². The summed E-state index contributed by atoms with van der Waals surface area (Å²) >= 11 is 0. The van der Waals surface area contributed by atoms with E-state index in [-0.39, 0.29) is 11.4 Å². The third kappa shape index (κ3) is 2.01. The predicted molar refractivity (Wildman–Crippen MR) is 67.4 cm³/mol. The summed E-state index contributed by atoms with van der Waals surface area (Å²) in [6.07, 6.45) is 0.332. The van der Waals surface area contributed by atoms with E-state index in [4.69, 9.17) is 14.6 Å². The van der Waals surface area contributed by atoms with Crippen molar-refractivity contribution in [2.45, 2.75) is 17.4 Å². The molecular weight excluding hydrogens is 286 g/mol. The lowest BCUT2D eigenvalue weighted by Gasteiger charge is -2.36. The van der Waals surface area contributed by atoms with Crippen LogP contribution in [0, 0.1) is 0 Å². The van der Waals surface area contributed by atoms with E-state index in [1.54, 1.807) is 0 Å². The number of hydrogen-bond acceptors (Lipinski definition) is 5. The first-order valence-electron chi connectivity index (χ1n) is 6.14. The van der Waals surface area contributed by atoms with Gasteiger partial charge in [0.15, 0.2) is 11.5 Å². The van der Waals surface area contributed by atoms with Gasteiger partial charge in [0.05, 0.1) is 4.90 Å². The molecule has 1 saturated heterocycles. The maximum Gasteiger partial charge on any atom is 0.322 e. The van der Waals surface area contributed by atoms with Crippen molar-refractivity contribution in [2.24, 2.45) is 0 Å². The summed E-state index contributed by atoms with van der Waals surface area (Å²) in [5.74, 6) is -0.268. The molecule has 0 amide bonds. The van der Waals surface area contributed by atoms with Gasteiger partial charge in [-0.05, 0) is 18.6 Å². The Labute approximate surface area is 115 Å². The second-order valence-corrected chi connectivity index (χ2v) is 6.45. The van der Waals surface area contributed by atoms with Gasteiger partial charge in [-0.2, -0.15) is 4.31 Å². The summed E-state index contributed by atoms with van der Waals surface area (Å²) in [4.78, 5) is 11.0. The maximum atomic E-state index is 12.4. The highest BCUT2D eigenvalue weighted by Crippen LogP contribution is 2.35. The Morgan fingerprint density at radius 2 is 1.95 bits per heavy atom. The molecule has 7 nitrogen and oxygen atoms in total. The largest absolute Gasteiger partial charge is 0.486 e. The Hall–Kier alpha value is -1.80. The van der Waals surface area contributed by atoms with Gasteiger partial charge in [0.2, 0.25) is 10.0 Å². The van der Waals surface area contributed by atoms with Crippen molar-refractivity contribution in [1.29, 1.82) is 0 Å². The van der Waals surface area contributed by atoms with Crippen LogP contribution in [-0.4, -0.2) is 49.6 Å². The van der Waals surface area contributed by atoms with Gasteiger partial charge >= 0.3 is 5.97 Å². The fourth-order valence-electron chi connectivity index (χ4n) is 2.22. The van der Waals surface area contributed by atoms with Crippen LogP contribution in [0.1, 0.15) is 6.42 Å². The lowest BCUT2D eigenvalue weighted by molar-refractivity contribution is -0.144. The number of fused-ring (bicyclic) bond motifs is 1. The van der Waals surface area contributed by atoms with Crippen molar-refractivity contribution in [3.05, 3.63) is 18.2 Å². The summed E-state index contributed by atoms with van der Waals surface area (Å²) in [5, 5.41) is 8.96. The number of aliphatic carboxylic acids is 1. The SMILES string of the molecule is O=C(O)[C@H]1CCN1S(=O)(=O)c1ccc2c(c1)OCCO2. The van der Waals surface area contributed by atoms with E-state index in [9.17, 15) is 13.2 Å². The van der Waals surface area contributed by atoms with Crippen LogP contribution in [0.5, 0.6) is 11.5 Å². The maximum absolute atomic E-state index is 12.4. The van der Waals surface area contributed by atoms with E-state index in [2.05, 4.69) is 0 Å². The monoisotopic (exact) mass is 299 g/mol. The molecule has 1 N–H and O–H groups in total. The Morgan fingerprint density at radius 3 is 2.55 bits per heavy atom. The van der Waals surface area contributed by atoms with E-state index >= 15 is 0 Å². The van der Waals surface area contributed by atoms with Crippen molar-refractivity contribution >= 4 is 16.0 Å². The Kier molecular flexibility index (Phi) is 3.06. The van der Waals surface area contributed by atoms with Gasteiger partial charge in [-0.3, -0.25) is 4.79 Å². The van der Waals surface area contributed by atoms with E-state index in [0.29, 0.717) is 31.1 Å². The van der Waals surface area contributed by atoms with Crippen LogP contribution >= 0.6 is 0 Å². The molecule has 0 bridgehead atoms. The highest BCUT2D eigenvalue weighted by atomic mass is 32.2. The summed E-state index contributed by atoms with van der Waals surface area (Å²) in [6, 6.07) is 3.33. The molecule has 20 heavy (non-hydrogen) atoms. The minimum absolute atomic E-state index is 0.0210. The minimum Gasteiger partial charge on any atom is -0.486 e. The quantitative estimate of drug-likeness (QED) is 0.863. The standard InChI is InChI=1S/C12H13NO6S/c14-12(15)9-3-4-13(9)20(16,17)8-1-2-10-11(7-8)19-6-5-18-10/h1-2,7,9H,3-6H2,(H,14,15)/t9-/m1/s1. The number of ether oxygens (including phenoxy) is 2. The van der Waals surface area contributed by atoms with Gasteiger partial charge in [-0.25, -0.2) is 8.42 Å². The number of carbonyl (C=O) groups is 1. The molecule has 8 heteroatoms. The van der Waals surface area contributed by atoms with Gasteiger partial charge in [-0.1, -0.05) is 0 Å². The highest BCUT2D eigenvalue weighted by molar-refractivity contribution is 7.89. The molecular formula is C12H13NO6S. The average Bonchev–Trinajstić information content (AvgIpc) is 2.35.